The van der Waals surface area contributed by atoms with E-state index in [4.69, 9.17) is 4.98 Å². The molecule has 1 atom stereocenters. The Morgan fingerprint density at radius 3 is 2.96 bits per heavy atom. The summed E-state index contributed by atoms with van der Waals surface area (Å²) in [4.78, 5) is 9.36. The molecule has 2 aromatic rings. The zero-order chi connectivity index (χ0) is 19.0. The monoisotopic (exact) mass is 390 g/mol. The third-order valence-electron chi connectivity index (χ3n) is 5.30. The van der Waals surface area contributed by atoms with Crippen molar-refractivity contribution >= 4 is 10.0 Å². The molecular formula is C19H23FN4O2S. The molecule has 27 heavy (non-hydrogen) atoms. The lowest BCUT2D eigenvalue weighted by Crippen LogP contribution is -2.40. The highest BCUT2D eigenvalue weighted by molar-refractivity contribution is 7.89. The van der Waals surface area contributed by atoms with Gasteiger partial charge in [0.05, 0.1) is 10.9 Å². The van der Waals surface area contributed by atoms with Crippen LogP contribution in [0.2, 0.25) is 0 Å². The smallest absolute Gasteiger partial charge is 0.244 e. The zero-order valence-electron chi connectivity index (χ0n) is 15.3. The van der Waals surface area contributed by atoms with Crippen LogP contribution < -0.4 is 5.32 Å². The van der Waals surface area contributed by atoms with Crippen LogP contribution in [0.1, 0.15) is 47.9 Å². The van der Waals surface area contributed by atoms with E-state index in [0.717, 1.165) is 43.6 Å². The number of hydrogen-bond donors (Lipinski definition) is 1. The normalized spacial score (nSPS) is 21.0. The first kappa shape index (κ1) is 18.5. The van der Waals surface area contributed by atoms with Crippen LogP contribution in [0.4, 0.5) is 4.39 Å². The highest BCUT2D eigenvalue weighted by Gasteiger charge is 2.37. The van der Waals surface area contributed by atoms with Crippen molar-refractivity contribution in [3.05, 3.63) is 52.9 Å². The van der Waals surface area contributed by atoms with Crippen LogP contribution in [-0.4, -0.2) is 35.8 Å². The highest BCUT2D eigenvalue weighted by atomic mass is 32.2. The Labute approximate surface area is 158 Å². The molecule has 0 saturated carbocycles. The molecule has 0 bridgehead atoms. The molecule has 1 N–H and O–H groups in total. The molecule has 0 amide bonds. The van der Waals surface area contributed by atoms with Gasteiger partial charge in [0.25, 0.3) is 0 Å². The van der Waals surface area contributed by atoms with Crippen molar-refractivity contribution in [2.24, 2.45) is 0 Å². The van der Waals surface area contributed by atoms with Crippen molar-refractivity contribution in [3.63, 3.8) is 0 Å². The van der Waals surface area contributed by atoms with Gasteiger partial charge >= 0.3 is 0 Å². The maximum atomic E-state index is 13.4. The third-order valence-corrected chi connectivity index (χ3v) is 7.37. The van der Waals surface area contributed by atoms with E-state index in [1.807, 2.05) is 6.20 Å². The zero-order valence-corrected chi connectivity index (χ0v) is 16.1. The number of sulfonamides is 1. The lowest BCUT2D eigenvalue weighted by Gasteiger charge is -2.34. The maximum Gasteiger partial charge on any atom is 0.244 e. The third kappa shape index (κ3) is 3.49. The first-order valence-electron chi connectivity index (χ1n) is 9.30. The second kappa shape index (κ2) is 7.26. The van der Waals surface area contributed by atoms with Gasteiger partial charge in [-0.3, -0.25) is 0 Å². The molecule has 0 spiro atoms. The van der Waals surface area contributed by atoms with Crippen LogP contribution in [0.25, 0.3) is 0 Å². The predicted octanol–water partition coefficient (Wildman–Crippen LogP) is 2.49. The molecule has 1 unspecified atom stereocenters. The van der Waals surface area contributed by atoms with E-state index >= 15 is 0 Å². The Bertz CT molecular complexity index is 964. The van der Waals surface area contributed by atoms with Gasteiger partial charge in [0.15, 0.2) is 0 Å². The van der Waals surface area contributed by atoms with Gasteiger partial charge in [0, 0.05) is 43.5 Å². The van der Waals surface area contributed by atoms with Gasteiger partial charge in [0.2, 0.25) is 10.0 Å². The van der Waals surface area contributed by atoms with Crippen molar-refractivity contribution < 1.29 is 12.8 Å². The average molecular weight is 390 g/mol. The Kier molecular flexibility index (Phi) is 4.96. The van der Waals surface area contributed by atoms with Crippen molar-refractivity contribution in [2.75, 3.05) is 13.1 Å². The van der Waals surface area contributed by atoms with E-state index < -0.39 is 15.8 Å². The molecule has 0 radical (unpaired) electrons. The largest absolute Gasteiger partial charge is 0.312 e. The second-order valence-corrected chi connectivity index (χ2v) is 9.02. The standard InChI is InChI=1S/C19H23FN4O2S/c1-13-10-15(20)5-6-18(13)27(25,26)24-9-3-2-4-17(24)19-22-12-14-11-21-8-7-16(14)23-19/h5-6,10,12,17,21H,2-4,7-9,11H2,1H3. The summed E-state index contributed by atoms with van der Waals surface area (Å²) < 4.78 is 41.6. The summed E-state index contributed by atoms with van der Waals surface area (Å²) in [6.45, 7) is 3.66. The van der Waals surface area contributed by atoms with Gasteiger partial charge in [-0.25, -0.2) is 22.8 Å². The van der Waals surface area contributed by atoms with Crippen LogP contribution in [0.15, 0.2) is 29.3 Å². The molecule has 1 fully saturated rings. The average Bonchev–Trinajstić information content (AvgIpc) is 2.67. The van der Waals surface area contributed by atoms with E-state index in [0.29, 0.717) is 24.4 Å². The van der Waals surface area contributed by atoms with Gasteiger partial charge < -0.3 is 5.32 Å². The van der Waals surface area contributed by atoms with Crippen molar-refractivity contribution in [2.45, 2.75) is 50.1 Å². The number of nitrogens with zero attached hydrogens (tertiary/aromatic N) is 3. The Morgan fingerprint density at radius 1 is 1.30 bits per heavy atom. The first-order valence-corrected chi connectivity index (χ1v) is 10.7. The SMILES string of the molecule is Cc1cc(F)ccc1S(=O)(=O)N1CCCCC1c1ncc2c(n1)CCNC2. The number of aryl methyl sites for hydroxylation is 1. The summed E-state index contributed by atoms with van der Waals surface area (Å²) in [6.07, 6.45) is 5.05. The predicted molar refractivity (Wildman–Crippen MR) is 99.1 cm³/mol. The molecule has 144 valence electrons. The highest BCUT2D eigenvalue weighted by Crippen LogP contribution is 2.35. The molecule has 2 aliphatic heterocycles. The molecular weight excluding hydrogens is 367 g/mol. The number of halogens is 1. The minimum atomic E-state index is -3.75. The van der Waals surface area contributed by atoms with Crippen LogP contribution in [-0.2, 0) is 23.0 Å². The second-order valence-electron chi connectivity index (χ2n) is 7.16. The number of fused-ring (bicyclic) bond motifs is 1. The molecule has 6 nitrogen and oxygen atoms in total. The fourth-order valence-electron chi connectivity index (χ4n) is 3.89. The van der Waals surface area contributed by atoms with Crippen molar-refractivity contribution in [1.29, 1.82) is 0 Å². The summed E-state index contributed by atoms with van der Waals surface area (Å²) in [5.41, 5.74) is 2.49. The number of rotatable bonds is 3. The van der Waals surface area contributed by atoms with Gasteiger partial charge in [-0.05, 0) is 43.5 Å². The minimum Gasteiger partial charge on any atom is -0.312 e. The number of nitrogens with one attached hydrogen (secondary N) is 1. The summed E-state index contributed by atoms with van der Waals surface area (Å²) in [5.74, 6) is 0.131. The van der Waals surface area contributed by atoms with Crippen molar-refractivity contribution in [3.8, 4) is 0 Å². The van der Waals surface area contributed by atoms with E-state index in [9.17, 15) is 12.8 Å². The number of hydrogen-bond acceptors (Lipinski definition) is 5. The first-order chi connectivity index (χ1) is 13.0. The minimum absolute atomic E-state index is 0.151. The molecule has 8 heteroatoms. The number of aromatic nitrogens is 2. The summed E-state index contributed by atoms with van der Waals surface area (Å²) in [6, 6.07) is 3.42. The van der Waals surface area contributed by atoms with E-state index in [-0.39, 0.29) is 10.9 Å². The molecule has 1 aromatic heterocycles. The van der Waals surface area contributed by atoms with E-state index in [1.54, 1.807) is 6.92 Å². The lowest BCUT2D eigenvalue weighted by atomic mass is 10.0. The van der Waals surface area contributed by atoms with Crippen LogP contribution in [0, 0.1) is 12.7 Å². The van der Waals surface area contributed by atoms with Gasteiger partial charge in [-0.15, -0.1) is 0 Å². The van der Waals surface area contributed by atoms with Gasteiger partial charge in [-0.1, -0.05) is 6.42 Å². The van der Waals surface area contributed by atoms with E-state index in [2.05, 4.69) is 10.3 Å². The summed E-state index contributed by atoms with van der Waals surface area (Å²) >= 11 is 0. The number of benzene rings is 1. The molecule has 1 saturated heterocycles. The molecule has 3 heterocycles. The van der Waals surface area contributed by atoms with Gasteiger partial charge in [-0.2, -0.15) is 4.31 Å². The van der Waals surface area contributed by atoms with Gasteiger partial charge in [0.1, 0.15) is 11.6 Å². The van der Waals surface area contributed by atoms with Crippen LogP contribution in [0.5, 0.6) is 0 Å². The molecule has 0 aliphatic carbocycles. The lowest BCUT2D eigenvalue weighted by molar-refractivity contribution is 0.245. The van der Waals surface area contributed by atoms with E-state index in [1.165, 1.54) is 22.5 Å². The summed E-state index contributed by atoms with van der Waals surface area (Å²) in [5, 5.41) is 3.29. The maximum absolute atomic E-state index is 13.4. The molecule has 2 aliphatic rings. The fourth-order valence-corrected chi connectivity index (χ4v) is 5.75. The summed E-state index contributed by atoms with van der Waals surface area (Å²) in [7, 11) is -3.75. The Hall–Kier alpha value is -1.90. The Balaban J connectivity index is 1.72. The topological polar surface area (TPSA) is 75.2 Å². The fraction of sp³-hybridized carbons (Fsp3) is 0.474. The Morgan fingerprint density at radius 2 is 2.15 bits per heavy atom. The molecule has 4 rings (SSSR count). The van der Waals surface area contributed by atoms with Crippen LogP contribution in [0.3, 0.4) is 0 Å². The quantitative estimate of drug-likeness (QED) is 0.872. The number of piperidine rings is 1. The van der Waals surface area contributed by atoms with Crippen LogP contribution >= 0.6 is 0 Å². The molecule has 1 aromatic carbocycles. The van der Waals surface area contributed by atoms with Crippen molar-refractivity contribution in [1.82, 2.24) is 19.6 Å².